The Balaban J connectivity index is 2.44. The monoisotopic (exact) mass is 190 g/mol. The first kappa shape index (κ1) is 11.0. The van der Waals surface area contributed by atoms with Crippen molar-refractivity contribution in [1.29, 1.82) is 0 Å². The molecule has 0 aliphatic heterocycles. The Labute approximate surface area is 86.4 Å². The summed E-state index contributed by atoms with van der Waals surface area (Å²) in [5.41, 5.74) is 1.37. The second-order valence-electron chi connectivity index (χ2n) is 3.47. The average molecular weight is 190 g/mol. The molecule has 14 heavy (non-hydrogen) atoms. The molecule has 0 aliphatic carbocycles. The van der Waals surface area contributed by atoms with E-state index in [1.165, 1.54) is 5.56 Å². The highest BCUT2D eigenvalue weighted by Gasteiger charge is 2.04. The van der Waals surface area contributed by atoms with E-state index in [-0.39, 0.29) is 0 Å². The summed E-state index contributed by atoms with van der Waals surface area (Å²) < 4.78 is 5.06. The molecule has 0 saturated carbocycles. The van der Waals surface area contributed by atoms with Crippen molar-refractivity contribution in [3.63, 3.8) is 0 Å². The molecule has 0 aliphatic rings. The number of hydrogen-bond donors (Lipinski definition) is 0. The highest BCUT2D eigenvalue weighted by Crippen LogP contribution is 2.13. The van der Waals surface area contributed by atoms with Gasteiger partial charge in [-0.15, -0.1) is 6.58 Å². The van der Waals surface area contributed by atoms with Crippen LogP contribution < -0.4 is 0 Å². The van der Waals surface area contributed by atoms with Gasteiger partial charge in [-0.05, 0) is 24.3 Å². The lowest BCUT2D eigenvalue weighted by molar-refractivity contribution is 0.184. The molecule has 1 unspecified atom stereocenters. The topological polar surface area (TPSA) is 9.23 Å². The Morgan fingerprint density at radius 2 is 2.07 bits per heavy atom. The second-order valence-corrected chi connectivity index (χ2v) is 3.47. The molecule has 1 aromatic carbocycles. The molecule has 0 bridgehead atoms. The van der Waals surface area contributed by atoms with E-state index in [1.54, 1.807) is 7.11 Å². The summed E-state index contributed by atoms with van der Waals surface area (Å²) in [6.45, 7) is 4.66. The van der Waals surface area contributed by atoms with Crippen molar-refractivity contribution in [3.05, 3.63) is 48.6 Å². The molecule has 0 radical (unpaired) electrons. The maximum Gasteiger partial charge on any atom is 0.0467 e. The van der Waals surface area contributed by atoms with Crippen molar-refractivity contribution in [3.8, 4) is 0 Å². The van der Waals surface area contributed by atoms with Gasteiger partial charge in [0, 0.05) is 13.7 Å². The Hall–Kier alpha value is -1.08. The molecule has 0 amide bonds. The van der Waals surface area contributed by atoms with E-state index in [2.05, 4.69) is 30.8 Å². The van der Waals surface area contributed by atoms with Gasteiger partial charge < -0.3 is 4.74 Å². The van der Waals surface area contributed by atoms with Crippen molar-refractivity contribution in [1.82, 2.24) is 0 Å². The fourth-order valence-electron chi connectivity index (χ4n) is 1.49. The van der Waals surface area contributed by atoms with Crippen LogP contribution in [0.5, 0.6) is 0 Å². The maximum atomic E-state index is 5.06. The van der Waals surface area contributed by atoms with Crippen LogP contribution >= 0.6 is 0 Å². The molecule has 0 spiro atoms. The van der Waals surface area contributed by atoms with E-state index in [1.807, 2.05) is 12.1 Å². The number of allylic oxidation sites excluding steroid dienone is 1. The summed E-state index contributed by atoms with van der Waals surface area (Å²) in [5.74, 6) is 0.525. The lowest BCUT2D eigenvalue weighted by Gasteiger charge is -2.11. The van der Waals surface area contributed by atoms with Crippen molar-refractivity contribution in [2.24, 2.45) is 5.92 Å². The van der Waals surface area contributed by atoms with Crippen molar-refractivity contribution < 1.29 is 4.74 Å². The van der Waals surface area contributed by atoms with Crippen LogP contribution in [0, 0.1) is 5.92 Å². The minimum Gasteiger partial charge on any atom is -0.385 e. The molecule has 1 aromatic rings. The van der Waals surface area contributed by atoms with Gasteiger partial charge in [0.1, 0.15) is 0 Å². The molecular formula is C13H18O. The normalized spacial score (nSPS) is 12.4. The lowest BCUT2D eigenvalue weighted by atomic mass is 9.97. The molecule has 1 nitrogen and oxygen atoms in total. The summed E-state index contributed by atoms with van der Waals surface area (Å²) in [5, 5.41) is 0. The predicted molar refractivity (Wildman–Crippen MR) is 60.3 cm³/mol. The van der Waals surface area contributed by atoms with E-state index in [0.717, 1.165) is 19.4 Å². The summed E-state index contributed by atoms with van der Waals surface area (Å²) in [7, 11) is 1.74. The average Bonchev–Trinajstić information content (AvgIpc) is 2.25. The SMILES string of the molecule is C=CC(CCOC)Cc1ccccc1. The van der Waals surface area contributed by atoms with Crippen molar-refractivity contribution in [2.75, 3.05) is 13.7 Å². The van der Waals surface area contributed by atoms with Crippen molar-refractivity contribution >= 4 is 0 Å². The quantitative estimate of drug-likeness (QED) is 0.626. The molecule has 76 valence electrons. The summed E-state index contributed by atoms with van der Waals surface area (Å²) in [6, 6.07) is 10.5. The Morgan fingerprint density at radius 3 is 2.64 bits per heavy atom. The zero-order valence-corrected chi connectivity index (χ0v) is 8.78. The first-order valence-electron chi connectivity index (χ1n) is 5.02. The maximum absolute atomic E-state index is 5.06. The molecule has 0 heterocycles. The van der Waals surface area contributed by atoms with Gasteiger partial charge in [0.05, 0.1) is 0 Å². The van der Waals surface area contributed by atoms with E-state index in [0.29, 0.717) is 5.92 Å². The Bertz CT molecular complexity index is 253. The highest BCUT2D eigenvalue weighted by molar-refractivity contribution is 5.16. The number of hydrogen-bond acceptors (Lipinski definition) is 1. The van der Waals surface area contributed by atoms with Crippen LogP contribution in [0.25, 0.3) is 0 Å². The van der Waals surface area contributed by atoms with Crippen molar-refractivity contribution in [2.45, 2.75) is 12.8 Å². The van der Waals surface area contributed by atoms with Crippen LogP contribution in [0.4, 0.5) is 0 Å². The van der Waals surface area contributed by atoms with Gasteiger partial charge in [-0.1, -0.05) is 36.4 Å². The van der Waals surface area contributed by atoms with Crippen LogP contribution in [0.3, 0.4) is 0 Å². The van der Waals surface area contributed by atoms with Gasteiger partial charge in [-0.3, -0.25) is 0 Å². The lowest BCUT2D eigenvalue weighted by Crippen LogP contribution is -2.04. The zero-order valence-electron chi connectivity index (χ0n) is 8.78. The van der Waals surface area contributed by atoms with Crippen LogP contribution in [0.15, 0.2) is 43.0 Å². The van der Waals surface area contributed by atoms with Crippen LogP contribution in [-0.4, -0.2) is 13.7 Å². The number of methoxy groups -OCH3 is 1. The molecule has 1 rings (SSSR count). The van der Waals surface area contributed by atoms with Gasteiger partial charge in [-0.2, -0.15) is 0 Å². The summed E-state index contributed by atoms with van der Waals surface area (Å²) in [6.07, 6.45) is 4.13. The number of rotatable bonds is 6. The Morgan fingerprint density at radius 1 is 1.36 bits per heavy atom. The van der Waals surface area contributed by atoms with Gasteiger partial charge in [0.15, 0.2) is 0 Å². The largest absolute Gasteiger partial charge is 0.385 e. The van der Waals surface area contributed by atoms with E-state index < -0.39 is 0 Å². The standard InChI is InChI=1S/C13H18O/c1-3-12(9-10-14-2)11-13-7-5-4-6-8-13/h3-8,12H,1,9-11H2,2H3. The first-order valence-corrected chi connectivity index (χ1v) is 5.02. The van der Waals surface area contributed by atoms with Gasteiger partial charge in [0.2, 0.25) is 0 Å². The van der Waals surface area contributed by atoms with Gasteiger partial charge in [-0.25, -0.2) is 0 Å². The molecule has 0 N–H and O–H groups in total. The first-order chi connectivity index (χ1) is 6.86. The van der Waals surface area contributed by atoms with Gasteiger partial charge in [0.25, 0.3) is 0 Å². The van der Waals surface area contributed by atoms with E-state index in [4.69, 9.17) is 4.74 Å². The van der Waals surface area contributed by atoms with Gasteiger partial charge >= 0.3 is 0 Å². The molecule has 1 heteroatoms. The van der Waals surface area contributed by atoms with E-state index in [9.17, 15) is 0 Å². The molecule has 0 aromatic heterocycles. The third kappa shape index (κ3) is 3.75. The minimum atomic E-state index is 0.525. The fraction of sp³-hybridized carbons (Fsp3) is 0.385. The van der Waals surface area contributed by atoms with Crippen LogP contribution in [-0.2, 0) is 11.2 Å². The molecular weight excluding hydrogens is 172 g/mol. The highest BCUT2D eigenvalue weighted by atomic mass is 16.5. The second kappa shape index (κ2) is 6.39. The fourth-order valence-corrected chi connectivity index (χ4v) is 1.49. The van der Waals surface area contributed by atoms with E-state index >= 15 is 0 Å². The number of ether oxygens (including phenoxy) is 1. The molecule has 0 fully saturated rings. The minimum absolute atomic E-state index is 0.525. The predicted octanol–water partition coefficient (Wildman–Crippen LogP) is 3.07. The molecule has 0 saturated heterocycles. The number of benzene rings is 1. The molecule has 1 atom stereocenters. The smallest absolute Gasteiger partial charge is 0.0467 e. The summed E-state index contributed by atoms with van der Waals surface area (Å²) >= 11 is 0. The van der Waals surface area contributed by atoms with Crippen LogP contribution in [0.2, 0.25) is 0 Å². The van der Waals surface area contributed by atoms with Crippen LogP contribution in [0.1, 0.15) is 12.0 Å². The Kier molecular flexibility index (Phi) is 5.02. The zero-order chi connectivity index (χ0) is 10.2. The third-order valence-electron chi connectivity index (χ3n) is 2.37. The summed E-state index contributed by atoms with van der Waals surface area (Å²) in [4.78, 5) is 0. The third-order valence-corrected chi connectivity index (χ3v) is 2.37.